The molecule has 0 radical (unpaired) electrons. The first kappa shape index (κ1) is 19.8. The SMILES string of the molecule is CCn1nc(CNC(=O)[C@H]2CNC[C@@H](C(=O)N3CCOCC3)C2)c2ccccc21. The molecule has 3 heterocycles. The lowest BCUT2D eigenvalue weighted by Gasteiger charge is -2.34. The number of benzene rings is 1. The van der Waals surface area contributed by atoms with Crippen molar-refractivity contribution < 1.29 is 14.3 Å². The first-order valence-corrected chi connectivity index (χ1v) is 10.5. The molecule has 2 aromatic rings. The summed E-state index contributed by atoms with van der Waals surface area (Å²) in [5, 5.41) is 12.0. The summed E-state index contributed by atoms with van der Waals surface area (Å²) in [4.78, 5) is 27.4. The van der Waals surface area contributed by atoms with Crippen LogP contribution in [-0.4, -0.2) is 65.9 Å². The average Bonchev–Trinajstić information content (AvgIpc) is 3.15. The molecule has 1 aromatic heterocycles. The third kappa shape index (κ3) is 4.28. The average molecular weight is 399 g/mol. The van der Waals surface area contributed by atoms with E-state index in [0.717, 1.165) is 23.1 Å². The number of piperidine rings is 1. The predicted molar refractivity (Wildman–Crippen MR) is 109 cm³/mol. The number of aromatic nitrogens is 2. The summed E-state index contributed by atoms with van der Waals surface area (Å²) in [6.45, 7) is 6.92. The summed E-state index contributed by atoms with van der Waals surface area (Å²) in [6, 6.07) is 8.07. The van der Waals surface area contributed by atoms with Crippen LogP contribution in [0.2, 0.25) is 0 Å². The Bertz CT molecular complexity index is 874. The van der Waals surface area contributed by atoms with E-state index in [2.05, 4.69) is 22.7 Å². The van der Waals surface area contributed by atoms with Gasteiger partial charge >= 0.3 is 0 Å². The molecule has 8 nitrogen and oxygen atoms in total. The van der Waals surface area contributed by atoms with Gasteiger partial charge in [-0.1, -0.05) is 18.2 Å². The fourth-order valence-corrected chi connectivity index (χ4v) is 4.25. The van der Waals surface area contributed by atoms with E-state index in [-0.39, 0.29) is 23.7 Å². The van der Waals surface area contributed by atoms with Crippen LogP contribution in [0.3, 0.4) is 0 Å². The standard InChI is InChI=1S/C21H29N5O3/c1-2-26-19-6-4-3-5-17(19)18(24-26)14-23-20(27)15-11-16(13-22-12-15)21(28)25-7-9-29-10-8-25/h3-6,15-16,22H,2,7-14H2,1H3,(H,23,27)/t15-,16+/m1/s1. The minimum absolute atomic E-state index is 0.0212. The van der Waals surface area contributed by atoms with Crippen molar-refractivity contribution in [1.29, 1.82) is 0 Å². The largest absolute Gasteiger partial charge is 0.378 e. The Morgan fingerprint density at radius 2 is 1.97 bits per heavy atom. The van der Waals surface area contributed by atoms with Crippen molar-refractivity contribution >= 4 is 22.7 Å². The Morgan fingerprint density at radius 1 is 1.21 bits per heavy atom. The zero-order valence-electron chi connectivity index (χ0n) is 16.9. The number of fused-ring (bicyclic) bond motifs is 1. The van der Waals surface area contributed by atoms with Gasteiger partial charge in [0.25, 0.3) is 0 Å². The van der Waals surface area contributed by atoms with Gasteiger partial charge in [-0.15, -0.1) is 0 Å². The topological polar surface area (TPSA) is 88.5 Å². The monoisotopic (exact) mass is 399 g/mol. The van der Waals surface area contributed by atoms with Gasteiger partial charge in [0.05, 0.1) is 42.8 Å². The van der Waals surface area contributed by atoms with Crippen molar-refractivity contribution in [3.05, 3.63) is 30.0 Å². The molecule has 2 aliphatic heterocycles. The third-order valence-corrected chi connectivity index (χ3v) is 5.86. The minimum atomic E-state index is -0.210. The van der Waals surface area contributed by atoms with Crippen LogP contribution in [-0.2, 0) is 27.4 Å². The van der Waals surface area contributed by atoms with Crippen LogP contribution in [0, 0.1) is 11.8 Å². The molecule has 2 fully saturated rings. The van der Waals surface area contributed by atoms with Crippen molar-refractivity contribution in [2.45, 2.75) is 26.4 Å². The van der Waals surface area contributed by atoms with Crippen LogP contribution in [0.5, 0.6) is 0 Å². The summed E-state index contributed by atoms with van der Waals surface area (Å²) in [7, 11) is 0. The first-order chi connectivity index (χ1) is 14.2. The number of amides is 2. The van der Waals surface area contributed by atoms with E-state index in [0.29, 0.717) is 52.4 Å². The quantitative estimate of drug-likeness (QED) is 0.775. The van der Waals surface area contributed by atoms with Crippen molar-refractivity contribution in [2.24, 2.45) is 11.8 Å². The fraction of sp³-hybridized carbons (Fsp3) is 0.571. The lowest BCUT2D eigenvalue weighted by atomic mass is 9.88. The number of nitrogens with zero attached hydrogens (tertiary/aromatic N) is 3. The van der Waals surface area contributed by atoms with Gasteiger partial charge in [-0.3, -0.25) is 14.3 Å². The maximum Gasteiger partial charge on any atom is 0.227 e. The van der Waals surface area contributed by atoms with Crippen LogP contribution >= 0.6 is 0 Å². The van der Waals surface area contributed by atoms with Gasteiger partial charge in [0.15, 0.2) is 0 Å². The molecule has 2 amide bonds. The first-order valence-electron chi connectivity index (χ1n) is 10.5. The molecular weight excluding hydrogens is 370 g/mol. The number of hydrogen-bond acceptors (Lipinski definition) is 5. The molecule has 8 heteroatoms. The molecule has 0 spiro atoms. The maximum absolute atomic E-state index is 12.8. The van der Waals surface area contributed by atoms with E-state index in [1.165, 1.54) is 0 Å². The second-order valence-electron chi connectivity index (χ2n) is 7.72. The summed E-state index contributed by atoms with van der Waals surface area (Å²) >= 11 is 0. The molecular formula is C21H29N5O3. The van der Waals surface area contributed by atoms with Crippen LogP contribution in [0.15, 0.2) is 24.3 Å². The number of para-hydroxylation sites is 1. The number of aryl methyl sites for hydroxylation is 1. The number of hydrogen-bond donors (Lipinski definition) is 2. The van der Waals surface area contributed by atoms with E-state index in [1.807, 2.05) is 33.8 Å². The van der Waals surface area contributed by atoms with Crippen molar-refractivity contribution in [1.82, 2.24) is 25.3 Å². The highest BCUT2D eigenvalue weighted by molar-refractivity contribution is 5.84. The number of nitrogens with one attached hydrogen (secondary N) is 2. The maximum atomic E-state index is 12.8. The molecule has 156 valence electrons. The highest BCUT2D eigenvalue weighted by Crippen LogP contribution is 2.21. The number of carbonyl (C=O) groups excluding carboxylic acids is 2. The van der Waals surface area contributed by atoms with Gasteiger partial charge in [-0.2, -0.15) is 5.10 Å². The summed E-state index contributed by atoms with van der Waals surface area (Å²) in [6.07, 6.45) is 0.583. The highest BCUT2D eigenvalue weighted by Gasteiger charge is 2.33. The number of ether oxygens (including phenoxy) is 1. The van der Waals surface area contributed by atoms with E-state index >= 15 is 0 Å². The highest BCUT2D eigenvalue weighted by atomic mass is 16.5. The second kappa shape index (κ2) is 8.92. The van der Waals surface area contributed by atoms with Gasteiger partial charge in [0, 0.05) is 38.1 Å². The Balaban J connectivity index is 1.37. The van der Waals surface area contributed by atoms with E-state index < -0.39 is 0 Å². The Morgan fingerprint density at radius 3 is 2.76 bits per heavy atom. The Kier molecular flexibility index (Phi) is 6.10. The van der Waals surface area contributed by atoms with Crippen LogP contribution in [0.25, 0.3) is 10.9 Å². The molecule has 2 saturated heterocycles. The van der Waals surface area contributed by atoms with Gasteiger partial charge in [-0.05, 0) is 19.4 Å². The lowest BCUT2D eigenvalue weighted by Crippen LogP contribution is -2.51. The molecule has 2 aliphatic rings. The minimum Gasteiger partial charge on any atom is -0.378 e. The van der Waals surface area contributed by atoms with Crippen LogP contribution in [0.1, 0.15) is 19.0 Å². The van der Waals surface area contributed by atoms with Crippen LogP contribution in [0.4, 0.5) is 0 Å². The van der Waals surface area contributed by atoms with Gasteiger partial charge in [0.1, 0.15) is 0 Å². The summed E-state index contributed by atoms with van der Waals surface area (Å²) in [5.41, 5.74) is 1.95. The molecule has 4 rings (SSSR count). The summed E-state index contributed by atoms with van der Waals surface area (Å²) in [5.74, 6) is -0.255. The normalized spacial score (nSPS) is 22.6. The number of morpholine rings is 1. The van der Waals surface area contributed by atoms with E-state index in [4.69, 9.17) is 4.74 Å². The molecule has 0 bridgehead atoms. The van der Waals surface area contributed by atoms with Crippen molar-refractivity contribution in [2.75, 3.05) is 39.4 Å². The van der Waals surface area contributed by atoms with Gasteiger partial charge in [-0.25, -0.2) is 0 Å². The second-order valence-corrected chi connectivity index (χ2v) is 7.72. The molecule has 1 aromatic carbocycles. The molecule has 29 heavy (non-hydrogen) atoms. The fourth-order valence-electron chi connectivity index (χ4n) is 4.25. The molecule has 2 N–H and O–H groups in total. The summed E-state index contributed by atoms with van der Waals surface area (Å²) < 4.78 is 7.28. The molecule has 2 atom stereocenters. The van der Waals surface area contributed by atoms with Crippen molar-refractivity contribution in [3.8, 4) is 0 Å². The number of rotatable bonds is 5. The molecule has 0 unspecified atom stereocenters. The van der Waals surface area contributed by atoms with Crippen LogP contribution < -0.4 is 10.6 Å². The predicted octanol–water partition coefficient (Wildman–Crippen LogP) is 0.757. The van der Waals surface area contributed by atoms with Gasteiger partial charge in [0.2, 0.25) is 11.8 Å². The zero-order chi connectivity index (χ0) is 20.2. The van der Waals surface area contributed by atoms with Gasteiger partial charge < -0.3 is 20.3 Å². The molecule has 0 saturated carbocycles. The van der Waals surface area contributed by atoms with E-state index in [1.54, 1.807) is 0 Å². The Labute approximate surface area is 170 Å². The Hall–Kier alpha value is -2.45. The molecule has 0 aliphatic carbocycles. The smallest absolute Gasteiger partial charge is 0.227 e. The van der Waals surface area contributed by atoms with E-state index in [9.17, 15) is 9.59 Å². The zero-order valence-corrected chi connectivity index (χ0v) is 16.9. The van der Waals surface area contributed by atoms with Crippen molar-refractivity contribution in [3.63, 3.8) is 0 Å². The number of carbonyl (C=O) groups is 2. The lowest BCUT2D eigenvalue weighted by molar-refractivity contribution is -0.141. The third-order valence-electron chi connectivity index (χ3n) is 5.86.